The summed E-state index contributed by atoms with van der Waals surface area (Å²) in [5.74, 6) is -0.158. The van der Waals surface area contributed by atoms with Gasteiger partial charge in [0, 0.05) is 6.54 Å². The van der Waals surface area contributed by atoms with Crippen LogP contribution >= 0.6 is 12.6 Å². The van der Waals surface area contributed by atoms with Crippen LogP contribution in [0.3, 0.4) is 0 Å². The van der Waals surface area contributed by atoms with Gasteiger partial charge in [-0.1, -0.05) is 6.42 Å². The predicted octanol–water partition coefficient (Wildman–Crippen LogP) is 2.54. The van der Waals surface area contributed by atoms with E-state index in [0.717, 1.165) is 25.7 Å². The van der Waals surface area contributed by atoms with E-state index in [4.69, 9.17) is 9.47 Å². The molecule has 0 aromatic heterocycles. The van der Waals surface area contributed by atoms with Crippen molar-refractivity contribution < 1.29 is 19.1 Å². The number of alkyl carbamates (subject to hydrolysis) is 1. The van der Waals surface area contributed by atoms with Crippen molar-refractivity contribution in [2.24, 2.45) is 0 Å². The van der Waals surface area contributed by atoms with Crippen molar-refractivity contribution >= 4 is 24.7 Å². The van der Waals surface area contributed by atoms with Gasteiger partial charge in [0.25, 0.3) is 0 Å². The highest BCUT2D eigenvalue weighted by Crippen LogP contribution is 2.06. The minimum atomic E-state index is -0.457. The van der Waals surface area contributed by atoms with Crippen molar-refractivity contribution in [1.82, 2.24) is 5.32 Å². The standard InChI is InChI=1S/C13H25NO4S/c1-13(2,3)18-12(16)14-8-6-4-5-7-9-17-11(15)10-19/h19H,4-10H2,1-3H3,(H,14,16). The van der Waals surface area contributed by atoms with E-state index in [-0.39, 0.29) is 17.8 Å². The molecule has 0 aliphatic carbocycles. The SMILES string of the molecule is CC(C)(C)OC(=O)NCCCCCCOC(=O)CS. The lowest BCUT2D eigenvalue weighted by molar-refractivity contribution is -0.140. The summed E-state index contributed by atoms with van der Waals surface area (Å²) in [5, 5.41) is 2.70. The molecule has 0 radical (unpaired) electrons. The van der Waals surface area contributed by atoms with E-state index >= 15 is 0 Å². The van der Waals surface area contributed by atoms with Gasteiger partial charge in [0.05, 0.1) is 12.4 Å². The van der Waals surface area contributed by atoms with Gasteiger partial charge in [-0.3, -0.25) is 4.79 Å². The molecular formula is C13H25NO4S. The number of unbranched alkanes of at least 4 members (excludes halogenated alkanes) is 3. The van der Waals surface area contributed by atoms with Gasteiger partial charge in [-0.15, -0.1) is 0 Å². The average molecular weight is 291 g/mol. The maximum absolute atomic E-state index is 11.3. The zero-order chi connectivity index (χ0) is 14.7. The molecule has 0 atom stereocenters. The topological polar surface area (TPSA) is 64.6 Å². The Hall–Kier alpha value is -0.910. The van der Waals surface area contributed by atoms with Crippen LogP contribution in [0.2, 0.25) is 0 Å². The molecule has 0 saturated heterocycles. The molecule has 0 aromatic carbocycles. The Bertz CT molecular complexity index is 276. The number of ether oxygens (including phenoxy) is 2. The van der Waals surface area contributed by atoms with Gasteiger partial charge in [0.2, 0.25) is 0 Å². The van der Waals surface area contributed by atoms with Crippen LogP contribution in [0.15, 0.2) is 0 Å². The first-order valence-electron chi connectivity index (χ1n) is 6.58. The number of thiol groups is 1. The normalized spacial score (nSPS) is 10.9. The Labute approximate surface area is 120 Å². The maximum atomic E-state index is 11.3. The molecule has 0 spiro atoms. The van der Waals surface area contributed by atoms with Crippen molar-refractivity contribution in [3.63, 3.8) is 0 Å². The number of esters is 1. The lowest BCUT2D eigenvalue weighted by atomic mass is 10.2. The summed E-state index contributed by atoms with van der Waals surface area (Å²) in [6.45, 7) is 6.54. The molecule has 1 amide bonds. The van der Waals surface area contributed by atoms with Crippen LogP contribution in [0.25, 0.3) is 0 Å². The van der Waals surface area contributed by atoms with Gasteiger partial charge in [-0.05, 0) is 40.0 Å². The highest BCUT2D eigenvalue weighted by Gasteiger charge is 2.15. The molecule has 0 fully saturated rings. The largest absolute Gasteiger partial charge is 0.465 e. The zero-order valence-corrected chi connectivity index (χ0v) is 12.9. The van der Waals surface area contributed by atoms with Gasteiger partial charge >= 0.3 is 12.1 Å². The number of rotatable bonds is 8. The van der Waals surface area contributed by atoms with Crippen molar-refractivity contribution in [2.45, 2.75) is 52.1 Å². The van der Waals surface area contributed by atoms with Crippen molar-refractivity contribution in [1.29, 1.82) is 0 Å². The fraction of sp³-hybridized carbons (Fsp3) is 0.846. The number of hydrogen-bond donors (Lipinski definition) is 2. The molecule has 6 heteroatoms. The Morgan fingerprint density at radius 3 is 2.32 bits per heavy atom. The van der Waals surface area contributed by atoms with Crippen LogP contribution < -0.4 is 5.32 Å². The van der Waals surface area contributed by atoms with Crippen LogP contribution in [0.5, 0.6) is 0 Å². The number of nitrogens with one attached hydrogen (secondary N) is 1. The minimum absolute atomic E-state index is 0.125. The summed E-state index contributed by atoms with van der Waals surface area (Å²) in [7, 11) is 0. The lowest BCUT2D eigenvalue weighted by Gasteiger charge is -2.19. The molecule has 0 aromatic rings. The second-order valence-electron chi connectivity index (χ2n) is 5.22. The van der Waals surface area contributed by atoms with E-state index in [9.17, 15) is 9.59 Å². The molecule has 1 N–H and O–H groups in total. The monoisotopic (exact) mass is 291 g/mol. The molecule has 0 aliphatic heterocycles. The Morgan fingerprint density at radius 1 is 1.11 bits per heavy atom. The van der Waals surface area contributed by atoms with E-state index in [1.807, 2.05) is 20.8 Å². The third-order valence-electron chi connectivity index (χ3n) is 2.13. The fourth-order valence-corrected chi connectivity index (χ4v) is 1.41. The highest BCUT2D eigenvalue weighted by atomic mass is 32.1. The van der Waals surface area contributed by atoms with E-state index < -0.39 is 5.60 Å². The second-order valence-corrected chi connectivity index (χ2v) is 5.54. The second kappa shape index (κ2) is 9.95. The molecule has 0 rings (SSSR count). The molecule has 0 saturated carbocycles. The summed E-state index contributed by atoms with van der Waals surface area (Å²) < 4.78 is 9.99. The molecule has 112 valence electrons. The van der Waals surface area contributed by atoms with Gasteiger partial charge in [-0.25, -0.2) is 4.79 Å². The Kier molecular flexibility index (Phi) is 9.47. The zero-order valence-electron chi connectivity index (χ0n) is 12.0. The molecule has 0 bridgehead atoms. The third kappa shape index (κ3) is 13.3. The van der Waals surface area contributed by atoms with Crippen molar-refractivity contribution in [2.75, 3.05) is 18.9 Å². The van der Waals surface area contributed by atoms with E-state index in [1.165, 1.54) is 0 Å². The first kappa shape index (κ1) is 18.1. The quantitative estimate of drug-likeness (QED) is 0.410. The molecule has 0 aliphatic rings. The fourth-order valence-electron chi connectivity index (χ4n) is 1.32. The van der Waals surface area contributed by atoms with Gasteiger partial charge in [0.1, 0.15) is 5.60 Å². The molecule has 19 heavy (non-hydrogen) atoms. The van der Waals surface area contributed by atoms with Crippen LogP contribution in [0, 0.1) is 0 Å². The van der Waals surface area contributed by atoms with Crippen LogP contribution in [0.4, 0.5) is 4.79 Å². The summed E-state index contributed by atoms with van der Waals surface area (Å²) >= 11 is 3.81. The number of carbonyl (C=O) groups excluding carboxylic acids is 2. The van der Waals surface area contributed by atoms with Crippen LogP contribution in [-0.2, 0) is 14.3 Å². The Morgan fingerprint density at radius 2 is 1.74 bits per heavy atom. The number of amides is 1. The summed E-state index contributed by atoms with van der Waals surface area (Å²) in [6.07, 6.45) is 3.30. The first-order chi connectivity index (χ1) is 8.85. The molecular weight excluding hydrogens is 266 g/mol. The first-order valence-corrected chi connectivity index (χ1v) is 7.22. The van der Waals surface area contributed by atoms with E-state index in [0.29, 0.717) is 13.2 Å². The highest BCUT2D eigenvalue weighted by molar-refractivity contribution is 7.81. The lowest BCUT2D eigenvalue weighted by Crippen LogP contribution is -2.32. The summed E-state index contributed by atoms with van der Waals surface area (Å²) in [5.41, 5.74) is -0.457. The minimum Gasteiger partial charge on any atom is -0.465 e. The van der Waals surface area contributed by atoms with E-state index in [1.54, 1.807) is 0 Å². The molecule has 0 unspecified atom stereocenters. The van der Waals surface area contributed by atoms with Crippen LogP contribution in [-0.4, -0.2) is 36.6 Å². The Balaban J connectivity index is 3.32. The van der Waals surface area contributed by atoms with Gasteiger partial charge in [0.15, 0.2) is 0 Å². The van der Waals surface area contributed by atoms with Crippen LogP contribution in [0.1, 0.15) is 46.5 Å². The van der Waals surface area contributed by atoms with E-state index in [2.05, 4.69) is 17.9 Å². The van der Waals surface area contributed by atoms with Crippen molar-refractivity contribution in [3.05, 3.63) is 0 Å². The van der Waals surface area contributed by atoms with Crippen molar-refractivity contribution in [3.8, 4) is 0 Å². The molecule has 5 nitrogen and oxygen atoms in total. The average Bonchev–Trinajstić information content (AvgIpc) is 2.29. The smallest absolute Gasteiger partial charge is 0.407 e. The van der Waals surface area contributed by atoms with Gasteiger partial charge in [-0.2, -0.15) is 12.6 Å². The number of carbonyl (C=O) groups is 2. The number of hydrogen-bond acceptors (Lipinski definition) is 5. The maximum Gasteiger partial charge on any atom is 0.407 e. The summed E-state index contributed by atoms with van der Waals surface area (Å²) in [6, 6.07) is 0. The summed E-state index contributed by atoms with van der Waals surface area (Å²) in [4.78, 5) is 22.1. The third-order valence-corrected chi connectivity index (χ3v) is 2.39. The van der Waals surface area contributed by atoms with Gasteiger partial charge < -0.3 is 14.8 Å². The molecule has 0 heterocycles. The predicted molar refractivity (Wildman–Crippen MR) is 77.5 cm³/mol.